The van der Waals surface area contributed by atoms with E-state index >= 15 is 0 Å². The molecule has 6 nitrogen and oxygen atoms in total. The summed E-state index contributed by atoms with van der Waals surface area (Å²) in [7, 11) is 0. The van der Waals surface area contributed by atoms with Gasteiger partial charge >= 0.3 is 0 Å². The zero-order valence-corrected chi connectivity index (χ0v) is 17.8. The second kappa shape index (κ2) is 15.9. The molecule has 0 aliphatic carbocycles. The Hall–Kier alpha value is -2.16. The van der Waals surface area contributed by atoms with Crippen LogP contribution in [0.15, 0.2) is 97.6 Å². The Morgan fingerprint density at radius 2 is 0.571 bits per heavy atom. The van der Waals surface area contributed by atoms with Gasteiger partial charge in [0.1, 0.15) is 0 Å². The molecule has 0 saturated carbocycles. The Morgan fingerprint density at radius 3 is 0.714 bits per heavy atom. The molecule has 0 spiro atoms. The van der Waals surface area contributed by atoms with Gasteiger partial charge in [-0.3, -0.25) is 19.9 Å². The zero-order chi connectivity index (χ0) is 16.5. The Kier molecular flexibility index (Phi) is 15.9. The molecule has 0 radical (unpaired) electrons. The molecule has 152 valence electrons. The fourth-order valence-corrected chi connectivity index (χ4v) is 2.06. The van der Waals surface area contributed by atoms with E-state index in [1.165, 1.54) is 0 Å². The molecule has 0 aromatic carbocycles. The fourth-order valence-electron chi connectivity index (χ4n) is 2.06. The van der Waals surface area contributed by atoms with Crippen LogP contribution in [0.5, 0.6) is 0 Å². The maximum atomic E-state index is 4.19. The Morgan fingerprint density at radius 1 is 0.357 bits per heavy atom. The number of nitrogens with zero attached hydrogens (tertiary/aromatic N) is 4. The molecule has 4 aromatic rings. The van der Waals surface area contributed by atoms with E-state index in [0.29, 0.717) is 0 Å². The molecule has 0 aliphatic heterocycles. The van der Waals surface area contributed by atoms with Crippen molar-refractivity contribution in [2.24, 2.45) is 0 Å². The third-order valence-electron chi connectivity index (χ3n) is 3.18. The summed E-state index contributed by atoms with van der Waals surface area (Å²) in [6, 6.07) is 23.2. The molecule has 4 aromatic heterocycles. The number of aromatic nitrogens is 4. The maximum absolute atomic E-state index is 4.19. The summed E-state index contributed by atoms with van der Waals surface area (Å²) in [6.45, 7) is 0. The van der Waals surface area contributed by atoms with E-state index in [2.05, 4.69) is 19.9 Å². The van der Waals surface area contributed by atoms with Crippen molar-refractivity contribution in [2.45, 2.75) is 0 Å². The van der Waals surface area contributed by atoms with Gasteiger partial charge in [-0.25, -0.2) is 0 Å². The summed E-state index contributed by atoms with van der Waals surface area (Å²) in [6.07, 6.45) is 7.07. The minimum Gasteiger partial charge on any atom is -0.412 e. The third-order valence-corrected chi connectivity index (χ3v) is 3.18. The predicted octanol–water partition coefficient (Wildman–Crippen LogP) is 2.63. The normalized spacial score (nSPS) is 8.29. The van der Waals surface area contributed by atoms with E-state index in [-0.39, 0.29) is 51.8 Å². The smallest absolute Gasteiger partial charge is 0.0886 e. The first-order chi connectivity index (χ1) is 11.9. The molecule has 0 unspecified atom stereocenters. The monoisotopic (exact) mass is 560 g/mol. The van der Waals surface area contributed by atoms with Gasteiger partial charge in [0.05, 0.1) is 22.8 Å². The molecule has 4 rings (SSSR count). The van der Waals surface area contributed by atoms with Crippen LogP contribution in [0, 0.1) is 0 Å². The quantitative estimate of drug-likeness (QED) is 0.350. The molecule has 0 atom stereocenters. The van der Waals surface area contributed by atoms with Crippen LogP contribution in [-0.4, -0.2) is 30.9 Å². The molecule has 0 aliphatic rings. The van der Waals surface area contributed by atoms with Crippen LogP contribution in [0.1, 0.15) is 0 Å². The maximum Gasteiger partial charge on any atom is 0.0886 e. The first kappa shape index (κ1) is 28.1. The molecule has 0 bridgehead atoms. The summed E-state index contributed by atoms with van der Waals surface area (Å²) >= 11 is 0. The minimum absolute atomic E-state index is 0. The Balaban J connectivity index is 0. The average Bonchev–Trinajstić information content (AvgIpc) is 2.71. The van der Waals surface area contributed by atoms with Crippen molar-refractivity contribution < 1.29 is 51.8 Å². The molecule has 4 heterocycles. The van der Waals surface area contributed by atoms with Crippen LogP contribution < -0.4 is 0 Å². The molecule has 4 N–H and O–H groups in total. The number of pyridine rings is 4. The van der Waals surface area contributed by atoms with E-state index < -0.39 is 0 Å². The summed E-state index contributed by atoms with van der Waals surface area (Å²) in [5.74, 6) is 0. The number of hydrogen-bond donors (Lipinski definition) is 0. The van der Waals surface area contributed by atoms with Crippen LogP contribution in [0.4, 0.5) is 0 Å². The van der Waals surface area contributed by atoms with Crippen molar-refractivity contribution >= 4 is 0 Å². The second-order valence-corrected chi connectivity index (χ2v) is 4.86. The summed E-state index contributed by atoms with van der Waals surface area (Å²) in [5.41, 5.74) is 3.66. The van der Waals surface area contributed by atoms with Crippen LogP contribution in [0.2, 0.25) is 0 Å². The zero-order valence-electron chi connectivity index (χ0n) is 14.7. The van der Waals surface area contributed by atoms with Crippen molar-refractivity contribution in [3.8, 4) is 22.8 Å². The van der Waals surface area contributed by atoms with Crippen LogP contribution in [-0.2, 0) is 40.8 Å². The largest absolute Gasteiger partial charge is 0.412 e. The van der Waals surface area contributed by atoms with E-state index in [0.717, 1.165) is 22.8 Å². The van der Waals surface area contributed by atoms with Gasteiger partial charge in [-0.1, -0.05) is 24.3 Å². The molecular formula is C20H20N4O2Pd2. The van der Waals surface area contributed by atoms with Crippen molar-refractivity contribution in [1.82, 2.24) is 19.9 Å². The number of hydrogen-bond acceptors (Lipinski definition) is 4. The first-order valence-electron chi connectivity index (χ1n) is 7.58. The SMILES string of the molecule is O.O.[Pd].[Pd].c1ccc(-c2ccccn2)nc1.c1ccc(-c2ccccn2)nc1. The van der Waals surface area contributed by atoms with Crippen molar-refractivity contribution in [3.63, 3.8) is 0 Å². The fraction of sp³-hybridized carbons (Fsp3) is 0. The van der Waals surface area contributed by atoms with Gasteiger partial charge < -0.3 is 11.0 Å². The van der Waals surface area contributed by atoms with E-state index in [1.54, 1.807) is 24.8 Å². The molecule has 0 saturated heterocycles. The summed E-state index contributed by atoms with van der Waals surface area (Å²) in [5, 5.41) is 0. The van der Waals surface area contributed by atoms with Gasteiger partial charge in [-0.2, -0.15) is 0 Å². The van der Waals surface area contributed by atoms with Crippen LogP contribution in [0.25, 0.3) is 22.8 Å². The third kappa shape index (κ3) is 8.69. The topological polar surface area (TPSA) is 115 Å². The molecule has 0 fully saturated rings. The van der Waals surface area contributed by atoms with Gasteiger partial charge in [-0.15, -0.1) is 0 Å². The van der Waals surface area contributed by atoms with Crippen LogP contribution in [0.3, 0.4) is 0 Å². The van der Waals surface area contributed by atoms with Crippen molar-refractivity contribution in [1.29, 1.82) is 0 Å². The molecule has 8 heteroatoms. The van der Waals surface area contributed by atoms with Crippen LogP contribution >= 0.6 is 0 Å². The Labute approximate surface area is 191 Å². The van der Waals surface area contributed by atoms with Gasteiger partial charge in [-0.05, 0) is 48.5 Å². The summed E-state index contributed by atoms with van der Waals surface area (Å²) in [4.78, 5) is 16.7. The average molecular weight is 561 g/mol. The standard InChI is InChI=1S/2C10H8N2.2H2O.2Pd/c2*1-3-7-11-9(5-1)10-6-2-4-8-12-10;;;;/h2*1-8H;2*1H2;;. The van der Waals surface area contributed by atoms with E-state index in [1.807, 2.05) is 72.8 Å². The number of rotatable bonds is 2. The van der Waals surface area contributed by atoms with E-state index in [4.69, 9.17) is 0 Å². The van der Waals surface area contributed by atoms with Crippen molar-refractivity contribution in [2.75, 3.05) is 0 Å². The van der Waals surface area contributed by atoms with Gasteiger partial charge in [0.25, 0.3) is 0 Å². The summed E-state index contributed by atoms with van der Waals surface area (Å²) < 4.78 is 0. The van der Waals surface area contributed by atoms with E-state index in [9.17, 15) is 0 Å². The first-order valence-corrected chi connectivity index (χ1v) is 7.58. The second-order valence-electron chi connectivity index (χ2n) is 4.86. The predicted molar refractivity (Wildman–Crippen MR) is 102 cm³/mol. The molecule has 28 heavy (non-hydrogen) atoms. The van der Waals surface area contributed by atoms with Gasteiger partial charge in [0, 0.05) is 65.6 Å². The Bertz CT molecular complexity index is 706. The minimum atomic E-state index is 0. The van der Waals surface area contributed by atoms with Gasteiger partial charge in [0.15, 0.2) is 0 Å². The van der Waals surface area contributed by atoms with Gasteiger partial charge in [0.2, 0.25) is 0 Å². The molecule has 0 amide bonds. The van der Waals surface area contributed by atoms with Crippen molar-refractivity contribution in [3.05, 3.63) is 97.6 Å². The molecular weight excluding hydrogens is 541 g/mol.